The third kappa shape index (κ3) is 2.87. The molecule has 88 valence electrons. The van der Waals surface area contributed by atoms with E-state index in [0.717, 1.165) is 11.4 Å². The molecule has 1 heterocycles. The van der Waals surface area contributed by atoms with Gasteiger partial charge in [-0.15, -0.1) is 0 Å². The van der Waals surface area contributed by atoms with Crippen molar-refractivity contribution in [1.82, 2.24) is 4.98 Å². The van der Waals surface area contributed by atoms with Gasteiger partial charge in [0.1, 0.15) is 18.1 Å². The number of hydrogen-bond acceptors (Lipinski definition) is 4. The van der Waals surface area contributed by atoms with E-state index in [0.29, 0.717) is 18.0 Å². The number of nitrogens with zero attached hydrogens (tertiary/aromatic N) is 1. The molecule has 0 unspecified atom stereocenters. The van der Waals surface area contributed by atoms with Crippen LogP contribution in [-0.2, 0) is 6.61 Å². The van der Waals surface area contributed by atoms with E-state index in [2.05, 4.69) is 4.98 Å². The lowest BCUT2D eigenvalue weighted by molar-refractivity contribution is 0.300. The lowest BCUT2D eigenvalue weighted by Gasteiger charge is -2.09. The fraction of sp³-hybridized carbons (Fsp3) is 0.154. The van der Waals surface area contributed by atoms with Gasteiger partial charge in [0.15, 0.2) is 0 Å². The summed E-state index contributed by atoms with van der Waals surface area (Å²) in [6.45, 7) is 0.387. The fourth-order valence-corrected chi connectivity index (χ4v) is 1.40. The topological polar surface area (TPSA) is 57.4 Å². The maximum atomic E-state index is 5.81. The second kappa shape index (κ2) is 5.21. The molecule has 0 aliphatic carbocycles. The highest BCUT2D eigenvalue weighted by Crippen LogP contribution is 2.27. The number of rotatable bonds is 4. The normalized spacial score (nSPS) is 9.94. The molecule has 0 aliphatic heterocycles. The predicted octanol–water partition coefficient (Wildman–Crippen LogP) is 2.25. The molecule has 1 aromatic carbocycles. The number of methoxy groups -OCH3 is 1. The smallest absolute Gasteiger partial charge is 0.146 e. The number of anilines is 1. The number of aromatic nitrogens is 1. The van der Waals surface area contributed by atoms with Gasteiger partial charge in [-0.3, -0.25) is 4.98 Å². The van der Waals surface area contributed by atoms with Gasteiger partial charge in [-0.2, -0.15) is 0 Å². The fourth-order valence-electron chi connectivity index (χ4n) is 1.40. The van der Waals surface area contributed by atoms with E-state index in [1.165, 1.54) is 0 Å². The van der Waals surface area contributed by atoms with Crippen LogP contribution in [0.5, 0.6) is 11.5 Å². The third-order valence-electron chi connectivity index (χ3n) is 2.32. The van der Waals surface area contributed by atoms with E-state index in [1.807, 2.05) is 18.2 Å². The monoisotopic (exact) mass is 230 g/mol. The summed E-state index contributed by atoms with van der Waals surface area (Å²) >= 11 is 0. The molecule has 2 rings (SSSR count). The lowest BCUT2D eigenvalue weighted by atomic mass is 10.3. The van der Waals surface area contributed by atoms with Gasteiger partial charge < -0.3 is 15.2 Å². The first-order valence-electron chi connectivity index (χ1n) is 5.26. The highest BCUT2D eigenvalue weighted by atomic mass is 16.5. The Morgan fingerprint density at radius 2 is 2.12 bits per heavy atom. The van der Waals surface area contributed by atoms with Crippen LogP contribution in [0.25, 0.3) is 0 Å². The van der Waals surface area contributed by atoms with Crippen LogP contribution in [0.15, 0.2) is 42.6 Å². The van der Waals surface area contributed by atoms with Crippen LogP contribution in [0.3, 0.4) is 0 Å². The molecular weight excluding hydrogens is 216 g/mol. The van der Waals surface area contributed by atoms with Crippen LogP contribution in [0, 0.1) is 0 Å². The molecule has 0 atom stereocenters. The van der Waals surface area contributed by atoms with Gasteiger partial charge >= 0.3 is 0 Å². The zero-order chi connectivity index (χ0) is 12.1. The molecule has 2 N–H and O–H groups in total. The third-order valence-corrected chi connectivity index (χ3v) is 2.32. The van der Waals surface area contributed by atoms with Crippen LogP contribution in [0.4, 0.5) is 5.69 Å². The number of benzene rings is 1. The number of nitrogens with two attached hydrogens (primary N) is 1. The molecule has 1 aromatic heterocycles. The largest absolute Gasteiger partial charge is 0.497 e. The van der Waals surface area contributed by atoms with Crippen molar-refractivity contribution < 1.29 is 9.47 Å². The van der Waals surface area contributed by atoms with Crippen molar-refractivity contribution in [2.75, 3.05) is 12.8 Å². The van der Waals surface area contributed by atoms with Gasteiger partial charge in [-0.05, 0) is 24.3 Å². The first-order chi connectivity index (χ1) is 8.29. The highest BCUT2D eigenvalue weighted by Gasteiger charge is 2.03. The van der Waals surface area contributed by atoms with Gasteiger partial charge in [0.05, 0.1) is 18.5 Å². The molecule has 0 radical (unpaired) electrons. The summed E-state index contributed by atoms with van der Waals surface area (Å²) in [5.41, 5.74) is 7.25. The quantitative estimate of drug-likeness (QED) is 0.818. The summed E-state index contributed by atoms with van der Waals surface area (Å²) in [6.07, 6.45) is 1.73. The zero-order valence-corrected chi connectivity index (χ0v) is 9.59. The van der Waals surface area contributed by atoms with Crippen molar-refractivity contribution in [1.29, 1.82) is 0 Å². The first kappa shape index (κ1) is 11.3. The van der Waals surface area contributed by atoms with Gasteiger partial charge in [-0.25, -0.2) is 0 Å². The second-order valence-corrected chi connectivity index (χ2v) is 3.51. The minimum atomic E-state index is 0.387. The number of pyridine rings is 1. The molecule has 0 amide bonds. The summed E-state index contributed by atoms with van der Waals surface area (Å²) in [7, 11) is 1.61. The SMILES string of the molecule is COc1ccc(N)c(OCc2ccccn2)c1. The maximum Gasteiger partial charge on any atom is 0.146 e. The van der Waals surface area contributed by atoms with Gasteiger partial charge in [0, 0.05) is 12.3 Å². The molecule has 0 bridgehead atoms. The summed E-state index contributed by atoms with van der Waals surface area (Å²) < 4.78 is 10.7. The van der Waals surface area contributed by atoms with E-state index < -0.39 is 0 Å². The van der Waals surface area contributed by atoms with Crippen molar-refractivity contribution in [2.24, 2.45) is 0 Å². The molecule has 0 aliphatic rings. The van der Waals surface area contributed by atoms with E-state index in [-0.39, 0.29) is 0 Å². The van der Waals surface area contributed by atoms with Crippen LogP contribution in [0.1, 0.15) is 5.69 Å². The average molecular weight is 230 g/mol. The van der Waals surface area contributed by atoms with Gasteiger partial charge in [-0.1, -0.05) is 6.07 Å². The lowest BCUT2D eigenvalue weighted by Crippen LogP contribution is -2.00. The number of nitrogen functional groups attached to an aromatic ring is 1. The standard InChI is InChI=1S/C13H14N2O2/c1-16-11-5-6-12(14)13(8-11)17-9-10-4-2-3-7-15-10/h2-8H,9,14H2,1H3. The van der Waals surface area contributed by atoms with Crippen LogP contribution < -0.4 is 15.2 Å². The van der Waals surface area contributed by atoms with E-state index in [1.54, 1.807) is 31.5 Å². The summed E-state index contributed by atoms with van der Waals surface area (Å²) in [4.78, 5) is 4.17. The maximum absolute atomic E-state index is 5.81. The molecule has 0 fully saturated rings. The van der Waals surface area contributed by atoms with Crippen molar-refractivity contribution in [3.8, 4) is 11.5 Å². The van der Waals surface area contributed by atoms with Crippen LogP contribution in [0.2, 0.25) is 0 Å². The number of hydrogen-bond donors (Lipinski definition) is 1. The summed E-state index contributed by atoms with van der Waals surface area (Å²) in [6, 6.07) is 11.0. The molecule has 17 heavy (non-hydrogen) atoms. The number of ether oxygens (including phenoxy) is 2. The Balaban J connectivity index is 2.08. The Morgan fingerprint density at radius 3 is 2.82 bits per heavy atom. The van der Waals surface area contributed by atoms with Gasteiger partial charge in [0.2, 0.25) is 0 Å². The molecular formula is C13H14N2O2. The van der Waals surface area contributed by atoms with Gasteiger partial charge in [0.25, 0.3) is 0 Å². The molecule has 0 saturated heterocycles. The van der Waals surface area contributed by atoms with E-state index in [9.17, 15) is 0 Å². The Hall–Kier alpha value is -2.23. The Kier molecular flexibility index (Phi) is 3.45. The summed E-state index contributed by atoms with van der Waals surface area (Å²) in [5, 5.41) is 0. The molecule has 4 nitrogen and oxygen atoms in total. The van der Waals surface area contributed by atoms with Crippen LogP contribution in [-0.4, -0.2) is 12.1 Å². The Bertz CT molecular complexity index is 486. The molecule has 2 aromatic rings. The molecule has 0 spiro atoms. The highest BCUT2D eigenvalue weighted by molar-refractivity contribution is 5.55. The van der Waals surface area contributed by atoms with Crippen molar-refractivity contribution in [3.63, 3.8) is 0 Å². The predicted molar refractivity (Wildman–Crippen MR) is 66.0 cm³/mol. The summed E-state index contributed by atoms with van der Waals surface area (Å²) in [5.74, 6) is 1.32. The Labute approximate surface area is 100 Å². The second-order valence-electron chi connectivity index (χ2n) is 3.51. The van der Waals surface area contributed by atoms with Crippen molar-refractivity contribution >= 4 is 5.69 Å². The van der Waals surface area contributed by atoms with E-state index in [4.69, 9.17) is 15.2 Å². The van der Waals surface area contributed by atoms with Crippen molar-refractivity contribution in [2.45, 2.75) is 6.61 Å². The van der Waals surface area contributed by atoms with Crippen molar-refractivity contribution in [3.05, 3.63) is 48.3 Å². The molecule has 0 saturated carbocycles. The minimum absolute atomic E-state index is 0.387. The van der Waals surface area contributed by atoms with E-state index >= 15 is 0 Å². The Morgan fingerprint density at radius 1 is 1.24 bits per heavy atom. The van der Waals surface area contributed by atoms with Crippen LogP contribution >= 0.6 is 0 Å². The zero-order valence-electron chi connectivity index (χ0n) is 9.59. The average Bonchev–Trinajstić information content (AvgIpc) is 2.39. The first-order valence-corrected chi connectivity index (χ1v) is 5.26. The minimum Gasteiger partial charge on any atom is -0.497 e. The molecule has 4 heteroatoms.